The number of hydrogen-bond acceptors (Lipinski definition) is 9. The number of carboxylic acid groups (broad SMARTS) is 1. The first kappa shape index (κ1) is 20.9. The van der Waals surface area contributed by atoms with Gasteiger partial charge in [-0.3, -0.25) is 14.3 Å². The Labute approximate surface area is 170 Å². The first-order chi connectivity index (χ1) is 13.6. The minimum Gasteiger partial charge on any atom is -0.478 e. The van der Waals surface area contributed by atoms with E-state index in [1.807, 2.05) is 0 Å². The molecule has 0 saturated carbocycles. The molecular weight excluding hydrogens is 422 g/mol. The van der Waals surface area contributed by atoms with Crippen LogP contribution in [0.15, 0.2) is 35.5 Å². The van der Waals surface area contributed by atoms with Crippen LogP contribution in [-0.2, 0) is 25.5 Å². The molecule has 10 nitrogen and oxygen atoms in total. The summed E-state index contributed by atoms with van der Waals surface area (Å²) in [6.07, 6.45) is 1.07. The van der Waals surface area contributed by atoms with Gasteiger partial charge in [0.05, 0.1) is 29.1 Å². The Bertz CT molecular complexity index is 1120. The van der Waals surface area contributed by atoms with Crippen molar-refractivity contribution in [2.75, 3.05) is 18.2 Å². The van der Waals surface area contributed by atoms with Crippen LogP contribution >= 0.6 is 11.5 Å². The molecule has 1 aliphatic rings. The van der Waals surface area contributed by atoms with Crippen molar-refractivity contribution in [3.63, 3.8) is 0 Å². The molecule has 1 aromatic heterocycles. The molecule has 154 valence electrons. The first-order valence-electron chi connectivity index (χ1n) is 8.36. The molecule has 1 unspecified atom stereocenters. The van der Waals surface area contributed by atoms with Crippen molar-refractivity contribution in [2.45, 2.75) is 19.3 Å². The Morgan fingerprint density at radius 3 is 2.79 bits per heavy atom. The van der Waals surface area contributed by atoms with Gasteiger partial charge in [0.25, 0.3) is 15.8 Å². The molecular formula is C17H17N3O7S2. The third-order valence-electron chi connectivity index (χ3n) is 4.37. The number of nitrogens with one attached hydrogen (secondary N) is 1. The zero-order valence-corrected chi connectivity index (χ0v) is 17.0. The lowest BCUT2D eigenvalue weighted by Crippen LogP contribution is -2.23. The normalized spacial score (nSPS) is 16.3. The molecule has 3 rings (SSSR count). The molecule has 0 fully saturated rings. The summed E-state index contributed by atoms with van der Waals surface area (Å²) in [4.78, 5) is 22.7. The van der Waals surface area contributed by atoms with E-state index in [4.69, 9.17) is 4.18 Å². The number of nitrogens with zero attached hydrogens (tertiary/aromatic N) is 2. The lowest BCUT2D eigenvalue weighted by atomic mass is 9.81. The van der Waals surface area contributed by atoms with Gasteiger partial charge in [0.2, 0.25) is 0 Å². The van der Waals surface area contributed by atoms with Crippen molar-refractivity contribution >= 4 is 38.3 Å². The van der Waals surface area contributed by atoms with Crippen molar-refractivity contribution in [3.8, 4) is 0 Å². The van der Waals surface area contributed by atoms with E-state index >= 15 is 0 Å². The highest BCUT2D eigenvalue weighted by atomic mass is 32.2. The van der Waals surface area contributed by atoms with Gasteiger partial charge < -0.3 is 10.4 Å². The number of allylic oxidation sites excluding steroid dienone is 1. The maximum Gasteiger partial charge on any atom is 0.334 e. The molecule has 0 aliphatic carbocycles. The third-order valence-corrected chi connectivity index (χ3v) is 5.78. The van der Waals surface area contributed by atoms with Crippen LogP contribution in [0.5, 0.6) is 0 Å². The first-order valence-corrected chi connectivity index (χ1v) is 11.0. The summed E-state index contributed by atoms with van der Waals surface area (Å²) < 4.78 is 31.5. The lowest BCUT2D eigenvalue weighted by molar-refractivity contribution is -0.384. The van der Waals surface area contributed by atoms with Crippen LogP contribution in [-0.4, -0.2) is 41.7 Å². The Balaban J connectivity index is 2.10. The number of fused-ring (bicyclic) bond motifs is 1. The number of rotatable bonds is 7. The number of aromatic nitrogens is 1. The number of benzene rings is 1. The Morgan fingerprint density at radius 1 is 1.45 bits per heavy atom. The second-order valence-electron chi connectivity index (χ2n) is 6.40. The average molecular weight is 439 g/mol. The van der Waals surface area contributed by atoms with Crippen LogP contribution in [0.3, 0.4) is 0 Å². The number of anilines is 1. The van der Waals surface area contributed by atoms with Gasteiger partial charge in [-0.05, 0) is 24.0 Å². The number of hydrogen-bond donors (Lipinski definition) is 2. The molecule has 1 aromatic carbocycles. The van der Waals surface area contributed by atoms with E-state index in [1.165, 1.54) is 18.2 Å². The minimum atomic E-state index is -3.63. The number of nitro benzene ring substituents is 1. The van der Waals surface area contributed by atoms with Gasteiger partial charge in [-0.1, -0.05) is 12.1 Å². The van der Waals surface area contributed by atoms with Gasteiger partial charge >= 0.3 is 5.97 Å². The fourth-order valence-corrected chi connectivity index (χ4v) is 4.53. The second-order valence-corrected chi connectivity index (χ2v) is 8.82. The molecule has 0 radical (unpaired) electrons. The molecule has 0 saturated heterocycles. The number of aliphatic carboxylic acids is 1. The Hall–Kier alpha value is -2.83. The summed E-state index contributed by atoms with van der Waals surface area (Å²) >= 11 is 1.11. The number of nitro groups is 1. The second kappa shape index (κ2) is 7.89. The van der Waals surface area contributed by atoms with Crippen molar-refractivity contribution in [1.29, 1.82) is 0 Å². The van der Waals surface area contributed by atoms with Crippen LogP contribution in [0.2, 0.25) is 0 Å². The Morgan fingerprint density at radius 2 is 2.17 bits per heavy atom. The summed E-state index contributed by atoms with van der Waals surface area (Å²) in [6, 6.07) is 5.79. The predicted octanol–water partition coefficient (Wildman–Crippen LogP) is 2.49. The van der Waals surface area contributed by atoms with E-state index < -0.39 is 26.9 Å². The van der Waals surface area contributed by atoms with Crippen molar-refractivity contribution in [2.24, 2.45) is 0 Å². The number of carbonyl (C=O) groups is 1. The zero-order valence-electron chi connectivity index (χ0n) is 15.4. The van der Waals surface area contributed by atoms with E-state index in [-0.39, 0.29) is 24.3 Å². The third kappa shape index (κ3) is 4.44. The van der Waals surface area contributed by atoms with Crippen LogP contribution in [0, 0.1) is 10.1 Å². The lowest BCUT2D eigenvalue weighted by Gasteiger charge is -2.27. The van der Waals surface area contributed by atoms with E-state index in [9.17, 15) is 28.4 Å². The van der Waals surface area contributed by atoms with Gasteiger partial charge in [0.15, 0.2) is 0 Å². The maximum absolute atomic E-state index is 12.0. The summed E-state index contributed by atoms with van der Waals surface area (Å²) in [7, 11) is -3.63. The van der Waals surface area contributed by atoms with Gasteiger partial charge in [-0.15, -0.1) is 0 Å². The molecule has 2 aromatic rings. The van der Waals surface area contributed by atoms with Crippen molar-refractivity contribution < 1.29 is 27.4 Å². The molecule has 1 atom stereocenters. The number of non-ortho nitro benzene ring substituents is 1. The quantitative estimate of drug-likeness (QED) is 0.377. The summed E-state index contributed by atoms with van der Waals surface area (Å²) in [5.41, 5.74) is 1.76. The summed E-state index contributed by atoms with van der Waals surface area (Å²) in [5.74, 6) is -1.96. The topological polar surface area (TPSA) is 149 Å². The molecule has 29 heavy (non-hydrogen) atoms. The van der Waals surface area contributed by atoms with Crippen molar-refractivity contribution in [3.05, 3.63) is 62.5 Å². The molecule has 0 spiro atoms. The fraction of sp³-hybridized carbons (Fsp3) is 0.294. The molecule has 0 bridgehead atoms. The van der Waals surface area contributed by atoms with Gasteiger partial charge in [-0.25, -0.2) is 4.79 Å². The SMILES string of the molecule is CC1=C(C(=O)O)C(c2cccc([N+](=O)[O-])c2)c2c(CCOS(C)(=O)=O)nsc2N1. The van der Waals surface area contributed by atoms with Gasteiger partial charge in [0.1, 0.15) is 5.00 Å². The number of carboxylic acids is 1. The standard InChI is InChI=1S/C17H17N3O7S2/c1-9-13(17(21)22)14(10-4-3-5-11(8-10)20(23)24)15-12(19-28-16(15)18-9)6-7-27-29(2,25)26/h3-5,8,14,18H,6-7H2,1-2H3,(H,21,22). The predicted molar refractivity (Wildman–Crippen MR) is 106 cm³/mol. The molecule has 2 N–H and O–H groups in total. The van der Waals surface area contributed by atoms with Gasteiger partial charge in [0, 0.05) is 35.7 Å². The van der Waals surface area contributed by atoms with Gasteiger partial charge in [-0.2, -0.15) is 12.8 Å². The maximum atomic E-state index is 12.0. The highest BCUT2D eigenvalue weighted by Crippen LogP contribution is 2.46. The highest BCUT2D eigenvalue weighted by molar-refractivity contribution is 7.85. The zero-order chi connectivity index (χ0) is 21.3. The van der Waals surface area contributed by atoms with Crippen LogP contribution in [0.25, 0.3) is 0 Å². The van der Waals surface area contributed by atoms with Crippen molar-refractivity contribution in [1.82, 2.24) is 4.37 Å². The van der Waals surface area contributed by atoms with Crippen LogP contribution in [0.4, 0.5) is 10.7 Å². The van der Waals surface area contributed by atoms with E-state index in [0.717, 1.165) is 17.8 Å². The smallest absolute Gasteiger partial charge is 0.334 e. The monoisotopic (exact) mass is 439 g/mol. The minimum absolute atomic E-state index is 0.0449. The highest BCUT2D eigenvalue weighted by Gasteiger charge is 2.36. The van der Waals surface area contributed by atoms with E-state index in [1.54, 1.807) is 13.0 Å². The molecule has 12 heteroatoms. The van der Waals surface area contributed by atoms with Crippen LogP contribution in [0.1, 0.15) is 29.7 Å². The van der Waals surface area contributed by atoms with Crippen LogP contribution < -0.4 is 5.32 Å². The van der Waals surface area contributed by atoms with E-state index in [2.05, 4.69) is 9.69 Å². The summed E-state index contributed by atoms with van der Waals surface area (Å²) in [5, 5.41) is 24.6. The summed E-state index contributed by atoms with van der Waals surface area (Å²) in [6.45, 7) is 1.46. The largest absolute Gasteiger partial charge is 0.478 e. The Kier molecular flexibility index (Phi) is 5.68. The fourth-order valence-electron chi connectivity index (χ4n) is 3.22. The molecule has 0 amide bonds. The average Bonchev–Trinajstić information content (AvgIpc) is 3.01. The van der Waals surface area contributed by atoms with E-state index in [0.29, 0.717) is 27.5 Å². The molecule has 2 heterocycles. The molecule has 1 aliphatic heterocycles.